The van der Waals surface area contributed by atoms with E-state index < -0.39 is 23.5 Å². The van der Waals surface area contributed by atoms with E-state index in [0.717, 1.165) is 32.0 Å². The smallest absolute Gasteiger partial charge is 0.349 e. The van der Waals surface area contributed by atoms with E-state index in [1.165, 1.54) is 0 Å². The van der Waals surface area contributed by atoms with Crippen molar-refractivity contribution in [3.05, 3.63) is 35.1 Å². The third-order valence-electron chi connectivity index (χ3n) is 3.21. The summed E-state index contributed by atoms with van der Waals surface area (Å²) in [6, 6.07) is 2.20. The van der Waals surface area contributed by atoms with Gasteiger partial charge in [-0.15, -0.1) is 0 Å². The minimum Gasteiger partial charge on any atom is -0.349 e. The highest BCUT2D eigenvalue weighted by molar-refractivity contribution is 5.94. The SMILES string of the molecule is O=C(NC1CCNCC1)c1ccc(F)c(C(F)(F)F)c1. The highest BCUT2D eigenvalue weighted by atomic mass is 19.4. The highest BCUT2D eigenvalue weighted by Gasteiger charge is 2.34. The van der Waals surface area contributed by atoms with Crippen LogP contribution in [0.1, 0.15) is 28.8 Å². The zero-order valence-corrected chi connectivity index (χ0v) is 10.6. The first kappa shape index (κ1) is 14.8. The molecule has 0 saturated carbocycles. The van der Waals surface area contributed by atoms with Crippen LogP contribution in [0.5, 0.6) is 0 Å². The Bertz CT molecular complexity index is 496. The molecule has 2 N–H and O–H groups in total. The summed E-state index contributed by atoms with van der Waals surface area (Å²) in [4.78, 5) is 11.9. The zero-order valence-electron chi connectivity index (χ0n) is 10.6. The molecule has 1 amide bonds. The Kier molecular flexibility index (Phi) is 4.27. The molecule has 1 heterocycles. The van der Waals surface area contributed by atoms with Crippen molar-refractivity contribution >= 4 is 5.91 Å². The highest BCUT2D eigenvalue weighted by Crippen LogP contribution is 2.31. The summed E-state index contributed by atoms with van der Waals surface area (Å²) in [5, 5.41) is 5.78. The third kappa shape index (κ3) is 3.47. The maximum Gasteiger partial charge on any atom is 0.419 e. The van der Waals surface area contributed by atoms with Crippen molar-refractivity contribution in [3.63, 3.8) is 0 Å². The summed E-state index contributed by atoms with van der Waals surface area (Å²) in [5.74, 6) is -1.99. The lowest BCUT2D eigenvalue weighted by Crippen LogP contribution is -2.42. The standard InChI is InChI=1S/C13H14F4N2O/c14-11-2-1-8(7-10(11)13(15,16)17)12(20)19-9-3-5-18-6-4-9/h1-2,7,9,18H,3-6H2,(H,19,20). The number of amides is 1. The second-order valence-corrected chi connectivity index (χ2v) is 4.69. The van der Waals surface area contributed by atoms with E-state index in [1.54, 1.807) is 0 Å². The first-order valence-corrected chi connectivity index (χ1v) is 6.26. The van der Waals surface area contributed by atoms with Gasteiger partial charge in [0.2, 0.25) is 0 Å². The van der Waals surface area contributed by atoms with Gasteiger partial charge in [-0.2, -0.15) is 13.2 Å². The van der Waals surface area contributed by atoms with Gasteiger partial charge in [0, 0.05) is 11.6 Å². The third-order valence-corrected chi connectivity index (χ3v) is 3.21. The van der Waals surface area contributed by atoms with Crippen LogP contribution in [0.15, 0.2) is 18.2 Å². The molecule has 20 heavy (non-hydrogen) atoms. The second-order valence-electron chi connectivity index (χ2n) is 4.69. The van der Waals surface area contributed by atoms with Gasteiger partial charge in [0.1, 0.15) is 5.82 Å². The molecule has 110 valence electrons. The average molecular weight is 290 g/mol. The number of alkyl halides is 3. The predicted molar refractivity (Wildman–Crippen MR) is 64.8 cm³/mol. The first-order valence-electron chi connectivity index (χ1n) is 6.26. The minimum atomic E-state index is -4.81. The Hall–Kier alpha value is -1.63. The molecular formula is C13H14F4N2O. The number of hydrogen-bond acceptors (Lipinski definition) is 2. The van der Waals surface area contributed by atoms with Gasteiger partial charge < -0.3 is 10.6 Å². The molecule has 0 aromatic heterocycles. The van der Waals surface area contributed by atoms with Gasteiger partial charge in [-0.05, 0) is 44.1 Å². The second kappa shape index (κ2) is 5.78. The molecule has 0 bridgehead atoms. The number of halogens is 4. The van der Waals surface area contributed by atoms with Crippen LogP contribution in [-0.4, -0.2) is 25.0 Å². The minimum absolute atomic E-state index is 0.0665. The van der Waals surface area contributed by atoms with Gasteiger partial charge in [0.25, 0.3) is 5.91 Å². The van der Waals surface area contributed by atoms with Crippen molar-refractivity contribution < 1.29 is 22.4 Å². The van der Waals surface area contributed by atoms with Crippen LogP contribution in [0.2, 0.25) is 0 Å². The average Bonchev–Trinajstić information content (AvgIpc) is 2.39. The van der Waals surface area contributed by atoms with Gasteiger partial charge in [-0.25, -0.2) is 4.39 Å². The van der Waals surface area contributed by atoms with Crippen molar-refractivity contribution in [2.24, 2.45) is 0 Å². The van der Waals surface area contributed by atoms with E-state index in [9.17, 15) is 22.4 Å². The van der Waals surface area contributed by atoms with Gasteiger partial charge in [-0.3, -0.25) is 4.79 Å². The van der Waals surface area contributed by atoms with E-state index in [2.05, 4.69) is 10.6 Å². The molecule has 1 saturated heterocycles. The Labute approximate surface area is 113 Å². The Morgan fingerprint density at radius 1 is 1.25 bits per heavy atom. The number of piperidine rings is 1. The first-order chi connectivity index (χ1) is 9.38. The number of carbonyl (C=O) groups is 1. The Balaban J connectivity index is 2.13. The molecular weight excluding hydrogens is 276 g/mol. The van der Waals surface area contributed by atoms with Crippen molar-refractivity contribution in [3.8, 4) is 0 Å². The maximum absolute atomic E-state index is 13.1. The summed E-state index contributed by atoms with van der Waals surface area (Å²) in [5.41, 5.74) is -1.60. The van der Waals surface area contributed by atoms with Crippen LogP contribution in [0.3, 0.4) is 0 Å². The molecule has 1 aliphatic rings. The van der Waals surface area contributed by atoms with Crippen molar-refractivity contribution in [2.45, 2.75) is 25.1 Å². The molecule has 0 spiro atoms. The normalized spacial score (nSPS) is 17.0. The van der Waals surface area contributed by atoms with Crippen LogP contribution in [-0.2, 0) is 6.18 Å². The van der Waals surface area contributed by atoms with E-state index in [1.807, 2.05) is 0 Å². The van der Waals surface area contributed by atoms with E-state index >= 15 is 0 Å². The van der Waals surface area contributed by atoms with Gasteiger partial charge in [0.05, 0.1) is 5.56 Å². The summed E-state index contributed by atoms with van der Waals surface area (Å²) < 4.78 is 50.8. The van der Waals surface area contributed by atoms with Crippen molar-refractivity contribution in [2.75, 3.05) is 13.1 Å². The Morgan fingerprint density at radius 3 is 2.50 bits per heavy atom. The quantitative estimate of drug-likeness (QED) is 0.821. The van der Waals surface area contributed by atoms with E-state index in [-0.39, 0.29) is 11.6 Å². The molecule has 2 rings (SSSR count). The summed E-state index contributed by atoms with van der Waals surface area (Å²) in [6.45, 7) is 1.50. The van der Waals surface area contributed by atoms with Gasteiger partial charge in [0.15, 0.2) is 0 Å². The largest absolute Gasteiger partial charge is 0.419 e. The molecule has 1 aliphatic heterocycles. The molecule has 3 nitrogen and oxygen atoms in total. The molecule has 1 fully saturated rings. The lowest BCUT2D eigenvalue weighted by molar-refractivity contribution is -0.140. The maximum atomic E-state index is 13.1. The van der Waals surface area contributed by atoms with Crippen molar-refractivity contribution in [1.29, 1.82) is 0 Å². The number of benzene rings is 1. The monoisotopic (exact) mass is 290 g/mol. The van der Waals surface area contributed by atoms with E-state index in [4.69, 9.17) is 0 Å². The lowest BCUT2D eigenvalue weighted by Gasteiger charge is -2.23. The number of hydrogen-bond donors (Lipinski definition) is 2. The summed E-state index contributed by atoms with van der Waals surface area (Å²) in [7, 11) is 0. The van der Waals surface area contributed by atoms with E-state index in [0.29, 0.717) is 12.1 Å². The van der Waals surface area contributed by atoms with Crippen LogP contribution < -0.4 is 10.6 Å². The van der Waals surface area contributed by atoms with Crippen LogP contribution in [0.25, 0.3) is 0 Å². The Morgan fingerprint density at radius 2 is 1.90 bits per heavy atom. The van der Waals surface area contributed by atoms with Crippen LogP contribution in [0, 0.1) is 5.82 Å². The molecule has 1 aromatic carbocycles. The number of rotatable bonds is 2. The number of carbonyl (C=O) groups excluding carboxylic acids is 1. The lowest BCUT2D eigenvalue weighted by atomic mass is 10.0. The summed E-state index contributed by atoms with van der Waals surface area (Å²) >= 11 is 0. The van der Waals surface area contributed by atoms with Crippen molar-refractivity contribution in [1.82, 2.24) is 10.6 Å². The fraction of sp³-hybridized carbons (Fsp3) is 0.462. The van der Waals surface area contributed by atoms with Gasteiger partial charge >= 0.3 is 6.18 Å². The predicted octanol–water partition coefficient (Wildman–Crippen LogP) is 2.33. The zero-order chi connectivity index (χ0) is 14.8. The molecule has 7 heteroatoms. The number of nitrogens with one attached hydrogen (secondary N) is 2. The molecule has 0 atom stereocenters. The fourth-order valence-electron chi connectivity index (χ4n) is 2.12. The van der Waals surface area contributed by atoms with Crippen LogP contribution in [0.4, 0.5) is 17.6 Å². The van der Waals surface area contributed by atoms with Gasteiger partial charge in [-0.1, -0.05) is 0 Å². The van der Waals surface area contributed by atoms with Crippen LogP contribution >= 0.6 is 0 Å². The molecule has 0 aliphatic carbocycles. The molecule has 1 aromatic rings. The molecule has 0 radical (unpaired) electrons. The summed E-state index contributed by atoms with van der Waals surface area (Å²) in [6.07, 6.45) is -3.37. The topological polar surface area (TPSA) is 41.1 Å². The molecule has 0 unspecified atom stereocenters. The fourth-order valence-corrected chi connectivity index (χ4v) is 2.12.